The van der Waals surface area contributed by atoms with Gasteiger partial charge in [-0.2, -0.15) is 9.61 Å². The number of carbonyl (C=O) groups is 1. The summed E-state index contributed by atoms with van der Waals surface area (Å²) >= 11 is 4.75. The van der Waals surface area contributed by atoms with Crippen molar-refractivity contribution in [2.24, 2.45) is 5.73 Å². The first-order valence-corrected chi connectivity index (χ1v) is 6.54. The van der Waals surface area contributed by atoms with E-state index in [2.05, 4.69) is 31.2 Å². The van der Waals surface area contributed by atoms with Crippen LogP contribution in [0.4, 0.5) is 0 Å². The molecule has 0 aliphatic heterocycles. The summed E-state index contributed by atoms with van der Waals surface area (Å²) in [5.74, 6) is -0.601. The summed E-state index contributed by atoms with van der Waals surface area (Å²) in [7, 11) is 0. The van der Waals surface area contributed by atoms with Gasteiger partial charge in [-0.15, -0.1) is 10.2 Å². The van der Waals surface area contributed by atoms with Gasteiger partial charge in [0, 0.05) is 10.0 Å². The topological polar surface area (TPSA) is 86.2 Å². The Morgan fingerprint density at radius 3 is 2.94 bits per heavy atom. The lowest BCUT2D eigenvalue weighted by molar-refractivity contribution is 0.0988. The summed E-state index contributed by atoms with van der Waals surface area (Å²) in [5, 5.41) is 12.6. The number of carbonyl (C=O) groups excluding carboxylic acids is 1. The van der Waals surface area contributed by atoms with Crippen molar-refractivity contribution in [1.82, 2.24) is 19.8 Å². The molecule has 18 heavy (non-hydrogen) atoms. The molecule has 0 saturated heterocycles. The summed E-state index contributed by atoms with van der Waals surface area (Å²) in [6, 6.07) is 7.71. The highest BCUT2D eigenvalue weighted by Crippen LogP contribution is 2.27. The fourth-order valence-corrected chi connectivity index (χ4v) is 2.74. The fraction of sp³-hybridized carbons (Fsp3) is 0. The lowest BCUT2D eigenvalue weighted by atomic mass is 10.2. The van der Waals surface area contributed by atoms with Crippen molar-refractivity contribution >= 4 is 38.1 Å². The van der Waals surface area contributed by atoms with Crippen molar-refractivity contribution in [2.45, 2.75) is 0 Å². The van der Waals surface area contributed by atoms with Crippen LogP contribution in [-0.4, -0.2) is 25.7 Å². The van der Waals surface area contributed by atoms with E-state index in [9.17, 15) is 4.79 Å². The number of aromatic nitrogens is 4. The maximum atomic E-state index is 11.1. The lowest BCUT2D eigenvalue weighted by Crippen LogP contribution is -2.15. The largest absolute Gasteiger partial charge is 0.363 e. The maximum absolute atomic E-state index is 11.1. The molecule has 0 radical (unpaired) electrons. The summed E-state index contributed by atoms with van der Waals surface area (Å²) in [6.45, 7) is 0. The van der Waals surface area contributed by atoms with Crippen molar-refractivity contribution in [3.8, 4) is 10.6 Å². The van der Waals surface area contributed by atoms with E-state index in [1.807, 2.05) is 24.3 Å². The third-order valence-corrected chi connectivity index (χ3v) is 3.72. The standard InChI is InChI=1S/C10H6BrN5OS/c11-6-3-1-2-5(4-6)9-15-16-8(7(12)17)13-14-10(16)18-9/h1-4H,(H2,12,17). The number of rotatable bonds is 2. The minimum atomic E-state index is -0.645. The van der Waals surface area contributed by atoms with Gasteiger partial charge in [-0.3, -0.25) is 4.79 Å². The third-order valence-electron chi connectivity index (χ3n) is 2.28. The van der Waals surface area contributed by atoms with Crippen LogP contribution >= 0.6 is 27.3 Å². The number of amides is 1. The van der Waals surface area contributed by atoms with Gasteiger partial charge in [0.2, 0.25) is 10.8 Å². The first kappa shape index (κ1) is 11.3. The number of nitrogens with zero attached hydrogens (tertiary/aromatic N) is 4. The van der Waals surface area contributed by atoms with Crippen LogP contribution in [0, 0.1) is 0 Å². The van der Waals surface area contributed by atoms with E-state index >= 15 is 0 Å². The molecule has 2 N–H and O–H groups in total. The van der Waals surface area contributed by atoms with Gasteiger partial charge in [0.25, 0.3) is 5.91 Å². The van der Waals surface area contributed by atoms with E-state index in [0.717, 1.165) is 15.0 Å². The minimum absolute atomic E-state index is 0.0440. The van der Waals surface area contributed by atoms with Gasteiger partial charge in [-0.05, 0) is 12.1 Å². The fourth-order valence-electron chi connectivity index (χ4n) is 1.51. The molecule has 90 valence electrons. The van der Waals surface area contributed by atoms with E-state index in [4.69, 9.17) is 5.73 Å². The Labute approximate surface area is 114 Å². The molecule has 8 heteroatoms. The van der Waals surface area contributed by atoms with Crippen molar-refractivity contribution in [3.63, 3.8) is 0 Å². The first-order valence-electron chi connectivity index (χ1n) is 4.93. The van der Waals surface area contributed by atoms with Gasteiger partial charge in [-0.1, -0.05) is 39.4 Å². The predicted octanol–water partition coefficient (Wildman–Crippen LogP) is 1.71. The van der Waals surface area contributed by atoms with Crippen LogP contribution in [0.1, 0.15) is 10.6 Å². The van der Waals surface area contributed by atoms with E-state index in [1.165, 1.54) is 15.9 Å². The van der Waals surface area contributed by atoms with Gasteiger partial charge in [-0.25, -0.2) is 0 Å². The van der Waals surface area contributed by atoms with E-state index in [1.54, 1.807) is 0 Å². The maximum Gasteiger partial charge on any atom is 0.288 e. The smallest absolute Gasteiger partial charge is 0.288 e. The van der Waals surface area contributed by atoms with Crippen LogP contribution in [-0.2, 0) is 0 Å². The summed E-state index contributed by atoms with van der Waals surface area (Å²) < 4.78 is 2.32. The molecule has 0 spiro atoms. The molecule has 1 amide bonds. The molecule has 3 aromatic rings. The minimum Gasteiger partial charge on any atom is -0.363 e. The van der Waals surface area contributed by atoms with Crippen LogP contribution < -0.4 is 5.73 Å². The van der Waals surface area contributed by atoms with Crippen molar-refractivity contribution in [3.05, 3.63) is 34.6 Å². The third kappa shape index (κ3) is 1.79. The molecule has 2 aromatic heterocycles. The Morgan fingerprint density at radius 2 is 2.22 bits per heavy atom. The zero-order valence-corrected chi connectivity index (χ0v) is 11.3. The Hall–Kier alpha value is -1.80. The number of nitrogens with two attached hydrogens (primary N) is 1. The number of halogens is 1. The van der Waals surface area contributed by atoms with Crippen LogP contribution in [0.15, 0.2) is 28.7 Å². The van der Waals surface area contributed by atoms with Crippen LogP contribution in [0.2, 0.25) is 0 Å². The summed E-state index contributed by atoms with van der Waals surface area (Å²) in [6.07, 6.45) is 0. The summed E-state index contributed by atoms with van der Waals surface area (Å²) in [5.41, 5.74) is 6.13. The van der Waals surface area contributed by atoms with Gasteiger partial charge in [0.15, 0.2) is 0 Å². The Morgan fingerprint density at radius 1 is 1.39 bits per heavy atom. The number of hydrogen-bond donors (Lipinski definition) is 1. The second-order valence-electron chi connectivity index (χ2n) is 3.50. The predicted molar refractivity (Wildman–Crippen MR) is 70.3 cm³/mol. The Kier molecular flexibility index (Phi) is 2.60. The Bertz CT molecular complexity index is 750. The molecule has 0 aliphatic carbocycles. The zero-order chi connectivity index (χ0) is 12.7. The number of benzene rings is 1. The molecule has 0 unspecified atom stereocenters. The molecule has 0 bridgehead atoms. The average Bonchev–Trinajstić information content (AvgIpc) is 2.87. The average molecular weight is 324 g/mol. The molecule has 0 atom stereocenters. The monoisotopic (exact) mass is 323 g/mol. The van der Waals surface area contributed by atoms with E-state index < -0.39 is 5.91 Å². The van der Waals surface area contributed by atoms with Crippen molar-refractivity contribution < 1.29 is 4.79 Å². The lowest BCUT2D eigenvalue weighted by Gasteiger charge is -1.95. The van der Waals surface area contributed by atoms with Crippen LogP contribution in [0.5, 0.6) is 0 Å². The highest BCUT2D eigenvalue weighted by Gasteiger charge is 2.16. The van der Waals surface area contributed by atoms with E-state index in [-0.39, 0.29) is 5.82 Å². The number of fused-ring (bicyclic) bond motifs is 1. The quantitative estimate of drug-likeness (QED) is 0.777. The molecule has 3 rings (SSSR count). The van der Waals surface area contributed by atoms with Gasteiger partial charge < -0.3 is 5.73 Å². The zero-order valence-electron chi connectivity index (χ0n) is 8.87. The molecular formula is C10H6BrN5OS. The first-order chi connectivity index (χ1) is 8.65. The van der Waals surface area contributed by atoms with Gasteiger partial charge in [0.1, 0.15) is 5.01 Å². The van der Waals surface area contributed by atoms with Crippen LogP contribution in [0.25, 0.3) is 15.5 Å². The number of hydrogen-bond acceptors (Lipinski definition) is 5. The molecule has 2 heterocycles. The molecule has 1 aromatic carbocycles. The SMILES string of the molecule is NC(=O)c1nnc2sc(-c3cccc(Br)c3)nn12. The highest BCUT2D eigenvalue weighted by molar-refractivity contribution is 9.10. The Balaban J connectivity index is 2.17. The molecular weight excluding hydrogens is 318 g/mol. The molecule has 0 saturated carbocycles. The van der Waals surface area contributed by atoms with Crippen molar-refractivity contribution in [2.75, 3.05) is 0 Å². The second kappa shape index (κ2) is 4.14. The van der Waals surface area contributed by atoms with Crippen molar-refractivity contribution in [1.29, 1.82) is 0 Å². The molecule has 0 aliphatic rings. The summed E-state index contributed by atoms with van der Waals surface area (Å²) in [4.78, 5) is 11.7. The van der Waals surface area contributed by atoms with Crippen LogP contribution in [0.3, 0.4) is 0 Å². The molecule has 0 fully saturated rings. The second-order valence-corrected chi connectivity index (χ2v) is 5.37. The van der Waals surface area contributed by atoms with Gasteiger partial charge in [0.05, 0.1) is 0 Å². The molecule has 6 nitrogen and oxygen atoms in total. The number of primary amides is 1. The van der Waals surface area contributed by atoms with E-state index in [0.29, 0.717) is 4.96 Å². The van der Waals surface area contributed by atoms with Gasteiger partial charge >= 0.3 is 0 Å². The highest BCUT2D eigenvalue weighted by atomic mass is 79.9. The normalized spacial score (nSPS) is 10.9.